The van der Waals surface area contributed by atoms with E-state index < -0.39 is 0 Å². The molecule has 0 bridgehead atoms. The Morgan fingerprint density at radius 2 is 2.10 bits per heavy atom. The van der Waals surface area contributed by atoms with Crippen molar-refractivity contribution in [3.63, 3.8) is 0 Å². The molecule has 0 saturated carbocycles. The molecular formula is C16H26N2O3. The van der Waals surface area contributed by atoms with Crippen LogP contribution in [0.3, 0.4) is 0 Å². The molecule has 0 heterocycles. The van der Waals surface area contributed by atoms with Crippen molar-refractivity contribution in [2.24, 2.45) is 0 Å². The third-order valence-corrected chi connectivity index (χ3v) is 2.91. The van der Waals surface area contributed by atoms with Crippen LogP contribution in [-0.4, -0.2) is 32.2 Å². The fourth-order valence-corrected chi connectivity index (χ4v) is 1.72. The van der Waals surface area contributed by atoms with Crippen molar-refractivity contribution in [1.29, 1.82) is 0 Å². The third kappa shape index (κ3) is 6.49. The molecule has 1 aromatic carbocycles. The van der Waals surface area contributed by atoms with Crippen molar-refractivity contribution < 1.29 is 14.3 Å². The minimum Gasteiger partial charge on any atom is -0.497 e. The Balaban J connectivity index is 2.69. The Hall–Kier alpha value is -1.75. The number of amides is 1. The highest BCUT2D eigenvalue weighted by Gasteiger charge is 2.09. The maximum Gasteiger partial charge on any atom is 0.257 e. The molecule has 5 heteroatoms. The number of carbonyl (C=O) groups is 1. The molecule has 5 nitrogen and oxygen atoms in total. The van der Waals surface area contributed by atoms with E-state index in [1.807, 2.05) is 25.1 Å². The largest absolute Gasteiger partial charge is 0.497 e. The van der Waals surface area contributed by atoms with E-state index in [0.29, 0.717) is 30.6 Å². The second-order valence-corrected chi connectivity index (χ2v) is 5.15. The van der Waals surface area contributed by atoms with E-state index in [2.05, 4.69) is 24.5 Å². The molecule has 0 aliphatic rings. The summed E-state index contributed by atoms with van der Waals surface area (Å²) in [5.74, 6) is 1.28. The van der Waals surface area contributed by atoms with Gasteiger partial charge in [-0.15, -0.1) is 0 Å². The highest BCUT2D eigenvalue weighted by Crippen LogP contribution is 2.24. The molecule has 0 spiro atoms. The van der Waals surface area contributed by atoms with Gasteiger partial charge in [0.15, 0.2) is 6.61 Å². The number of hydrogen-bond acceptors (Lipinski definition) is 4. The molecule has 0 aromatic heterocycles. The lowest BCUT2D eigenvalue weighted by Gasteiger charge is -2.15. The van der Waals surface area contributed by atoms with E-state index in [1.165, 1.54) is 0 Å². The molecule has 0 radical (unpaired) electrons. The number of nitrogens with one attached hydrogen (secondary N) is 2. The highest BCUT2D eigenvalue weighted by atomic mass is 16.5. The smallest absolute Gasteiger partial charge is 0.257 e. The van der Waals surface area contributed by atoms with Crippen molar-refractivity contribution in [2.75, 3.05) is 20.3 Å². The summed E-state index contributed by atoms with van der Waals surface area (Å²) in [7, 11) is 1.61. The van der Waals surface area contributed by atoms with Crippen LogP contribution in [0.4, 0.5) is 0 Å². The van der Waals surface area contributed by atoms with Crippen LogP contribution in [0.15, 0.2) is 18.2 Å². The van der Waals surface area contributed by atoms with Gasteiger partial charge < -0.3 is 20.1 Å². The monoisotopic (exact) mass is 294 g/mol. The first kappa shape index (κ1) is 17.3. The standard InChI is InChI=1S/C16H26N2O3/c1-5-8-17-16(19)11-21-15-9-14(20-4)7-6-13(15)10-18-12(2)3/h6-7,9,12,18H,5,8,10-11H2,1-4H3,(H,17,19). The summed E-state index contributed by atoms with van der Waals surface area (Å²) < 4.78 is 10.8. The molecule has 1 aromatic rings. The Bertz CT molecular complexity index is 447. The summed E-state index contributed by atoms with van der Waals surface area (Å²) in [4.78, 5) is 11.6. The van der Waals surface area contributed by atoms with E-state index in [0.717, 1.165) is 12.0 Å². The van der Waals surface area contributed by atoms with Crippen molar-refractivity contribution in [2.45, 2.75) is 39.8 Å². The fraction of sp³-hybridized carbons (Fsp3) is 0.562. The van der Waals surface area contributed by atoms with Crippen LogP contribution in [0.5, 0.6) is 11.5 Å². The van der Waals surface area contributed by atoms with E-state index in [1.54, 1.807) is 7.11 Å². The SMILES string of the molecule is CCCNC(=O)COc1cc(OC)ccc1CNC(C)C. The summed E-state index contributed by atoms with van der Waals surface area (Å²) in [5.41, 5.74) is 1.01. The number of benzene rings is 1. The molecule has 2 N–H and O–H groups in total. The second-order valence-electron chi connectivity index (χ2n) is 5.15. The van der Waals surface area contributed by atoms with Gasteiger partial charge in [0.1, 0.15) is 11.5 Å². The van der Waals surface area contributed by atoms with Crippen molar-refractivity contribution >= 4 is 5.91 Å². The van der Waals surface area contributed by atoms with Crippen LogP contribution in [-0.2, 0) is 11.3 Å². The minimum atomic E-state index is -0.109. The molecular weight excluding hydrogens is 268 g/mol. The quantitative estimate of drug-likeness (QED) is 0.732. The van der Waals surface area contributed by atoms with E-state index in [9.17, 15) is 4.79 Å². The number of rotatable bonds is 9. The molecule has 0 aliphatic heterocycles. The number of carbonyl (C=O) groups excluding carboxylic acids is 1. The number of hydrogen-bond donors (Lipinski definition) is 2. The average Bonchev–Trinajstić information content (AvgIpc) is 2.48. The topological polar surface area (TPSA) is 59.6 Å². The Kier molecular flexibility index (Phi) is 7.61. The van der Waals surface area contributed by atoms with Gasteiger partial charge in [-0.3, -0.25) is 4.79 Å². The van der Waals surface area contributed by atoms with Gasteiger partial charge >= 0.3 is 0 Å². The van der Waals surface area contributed by atoms with Crippen molar-refractivity contribution in [3.05, 3.63) is 23.8 Å². The molecule has 21 heavy (non-hydrogen) atoms. The van der Waals surface area contributed by atoms with Crippen LogP contribution in [0.25, 0.3) is 0 Å². The van der Waals surface area contributed by atoms with Crippen molar-refractivity contribution in [3.8, 4) is 11.5 Å². The summed E-state index contributed by atoms with van der Waals surface area (Å²) in [6.45, 7) is 7.56. The lowest BCUT2D eigenvalue weighted by Crippen LogP contribution is -2.29. The molecule has 0 aliphatic carbocycles. The Morgan fingerprint density at radius 3 is 2.71 bits per heavy atom. The molecule has 1 rings (SSSR count). The van der Waals surface area contributed by atoms with Crippen LogP contribution in [0.1, 0.15) is 32.8 Å². The summed E-state index contributed by atoms with van der Waals surface area (Å²) in [6.07, 6.45) is 0.911. The van der Waals surface area contributed by atoms with Crippen LogP contribution >= 0.6 is 0 Å². The van der Waals surface area contributed by atoms with Crippen LogP contribution in [0, 0.1) is 0 Å². The van der Waals surface area contributed by atoms with Gasteiger partial charge in [0, 0.05) is 30.8 Å². The van der Waals surface area contributed by atoms with Crippen LogP contribution < -0.4 is 20.1 Å². The van der Waals surface area contributed by atoms with Gasteiger partial charge in [0.25, 0.3) is 5.91 Å². The first-order chi connectivity index (χ1) is 10.1. The maximum absolute atomic E-state index is 11.6. The zero-order valence-electron chi connectivity index (χ0n) is 13.4. The van der Waals surface area contributed by atoms with Gasteiger partial charge in [0.2, 0.25) is 0 Å². The van der Waals surface area contributed by atoms with Crippen LogP contribution in [0.2, 0.25) is 0 Å². The first-order valence-electron chi connectivity index (χ1n) is 7.36. The van der Waals surface area contributed by atoms with Gasteiger partial charge in [-0.1, -0.05) is 26.8 Å². The Morgan fingerprint density at radius 1 is 1.33 bits per heavy atom. The molecule has 0 saturated heterocycles. The molecule has 0 unspecified atom stereocenters. The second kappa shape index (κ2) is 9.23. The summed E-state index contributed by atoms with van der Waals surface area (Å²) in [5, 5.41) is 6.13. The maximum atomic E-state index is 11.6. The average molecular weight is 294 g/mol. The molecule has 0 atom stereocenters. The minimum absolute atomic E-state index is 0.0157. The predicted octanol–water partition coefficient (Wildman–Crippen LogP) is 2.10. The highest BCUT2D eigenvalue weighted by molar-refractivity contribution is 5.77. The predicted molar refractivity (Wildman–Crippen MR) is 83.8 cm³/mol. The van der Waals surface area contributed by atoms with Gasteiger partial charge in [-0.2, -0.15) is 0 Å². The van der Waals surface area contributed by atoms with E-state index >= 15 is 0 Å². The summed E-state index contributed by atoms with van der Waals surface area (Å²) in [6, 6.07) is 6.03. The number of methoxy groups -OCH3 is 1. The van der Waals surface area contributed by atoms with Crippen molar-refractivity contribution in [1.82, 2.24) is 10.6 Å². The number of ether oxygens (including phenoxy) is 2. The van der Waals surface area contributed by atoms with E-state index in [-0.39, 0.29) is 12.5 Å². The molecule has 1 amide bonds. The zero-order chi connectivity index (χ0) is 15.7. The third-order valence-electron chi connectivity index (χ3n) is 2.91. The van der Waals surface area contributed by atoms with Gasteiger partial charge in [0.05, 0.1) is 7.11 Å². The zero-order valence-corrected chi connectivity index (χ0v) is 13.4. The first-order valence-corrected chi connectivity index (χ1v) is 7.36. The fourth-order valence-electron chi connectivity index (χ4n) is 1.72. The lowest BCUT2D eigenvalue weighted by molar-refractivity contribution is -0.123. The Labute approximate surface area is 127 Å². The lowest BCUT2D eigenvalue weighted by atomic mass is 10.2. The normalized spacial score (nSPS) is 10.5. The van der Waals surface area contributed by atoms with Gasteiger partial charge in [-0.05, 0) is 12.5 Å². The molecule has 0 fully saturated rings. The molecule has 118 valence electrons. The summed E-state index contributed by atoms with van der Waals surface area (Å²) >= 11 is 0. The van der Waals surface area contributed by atoms with Gasteiger partial charge in [-0.25, -0.2) is 0 Å². The van der Waals surface area contributed by atoms with E-state index in [4.69, 9.17) is 9.47 Å².